The molecule has 1 saturated carbocycles. The molecule has 1 aliphatic rings. The molecule has 3 nitrogen and oxygen atoms in total. The first kappa shape index (κ1) is 14.1. The number of halogens is 1. The van der Waals surface area contributed by atoms with Gasteiger partial charge in [-0.15, -0.1) is 0 Å². The van der Waals surface area contributed by atoms with Gasteiger partial charge < -0.3 is 4.42 Å². The number of rotatable bonds is 3. The minimum Gasteiger partial charge on any atom is -0.429 e. The van der Waals surface area contributed by atoms with Crippen LogP contribution in [-0.2, 0) is 6.67 Å². The third kappa shape index (κ3) is 2.78. The van der Waals surface area contributed by atoms with Crippen LogP contribution >= 0.6 is 23.8 Å². The van der Waals surface area contributed by atoms with Crippen LogP contribution in [0.4, 0.5) is 0 Å². The van der Waals surface area contributed by atoms with Crippen LogP contribution in [0.15, 0.2) is 22.6 Å². The van der Waals surface area contributed by atoms with Crippen molar-refractivity contribution in [3.63, 3.8) is 0 Å². The van der Waals surface area contributed by atoms with E-state index in [1.807, 2.05) is 18.2 Å². The normalized spacial score (nSPS) is 17.1. The monoisotopic (exact) mass is 310 g/mol. The van der Waals surface area contributed by atoms with Crippen LogP contribution in [0.1, 0.15) is 32.1 Å². The maximum Gasteiger partial charge on any atom is 0.270 e. The standard InChI is InChI=1S/C15H19ClN2OS/c1-17(12-5-3-2-4-6-12)10-18-13-8-7-11(16)9-14(13)19-15(18)20/h7-9,12H,2-6,10H2,1H3. The summed E-state index contributed by atoms with van der Waals surface area (Å²) in [6, 6.07) is 6.34. The first-order valence-electron chi connectivity index (χ1n) is 7.14. The molecule has 1 aliphatic carbocycles. The molecule has 3 rings (SSSR count). The van der Waals surface area contributed by atoms with Crippen LogP contribution < -0.4 is 0 Å². The van der Waals surface area contributed by atoms with Crippen molar-refractivity contribution < 1.29 is 4.42 Å². The fourth-order valence-corrected chi connectivity index (χ4v) is 3.44. The molecule has 1 heterocycles. The number of oxazole rings is 1. The van der Waals surface area contributed by atoms with Gasteiger partial charge in [0.1, 0.15) is 0 Å². The van der Waals surface area contributed by atoms with Crippen LogP contribution in [0.25, 0.3) is 11.1 Å². The summed E-state index contributed by atoms with van der Waals surface area (Å²) >= 11 is 11.3. The fourth-order valence-electron chi connectivity index (χ4n) is 3.03. The molecule has 0 bridgehead atoms. The molecule has 1 aromatic heterocycles. The van der Waals surface area contributed by atoms with Gasteiger partial charge >= 0.3 is 0 Å². The van der Waals surface area contributed by atoms with E-state index in [0.29, 0.717) is 15.9 Å². The number of nitrogens with zero attached hydrogens (tertiary/aromatic N) is 2. The Morgan fingerprint density at radius 3 is 2.85 bits per heavy atom. The van der Waals surface area contributed by atoms with E-state index in [-0.39, 0.29) is 0 Å². The van der Waals surface area contributed by atoms with Crippen molar-refractivity contribution in [2.45, 2.75) is 44.8 Å². The van der Waals surface area contributed by atoms with Crippen molar-refractivity contribution in [2.75, 3.05) is 7.05 Å². The lowest BCUT2D eigenvalue weighted by Crippen LogP contribution is -2.34. The Balaban J connectivity index is 1.86. The van der Waals surface area contributed by atoms with Gasteiger partial charge in [0.25, 0.3) is 4.84 Å². The molecule has 0 unspecified atom stereocenters. The Kier molecular flexibility index (Phi) is 4.15. The summed E-state index contributed by atoms with van der Waals surface area (Å²) in [5, 5.41) is 0.675. The molecule has 20 heavy (non-hydrogen) atoms. The lowest BCUT2D eigenvalue weighted by Gasteiger charge is -2.31. The van der Waals surface area contributed by atoms with E-state index < -0.39 is 0 Å². The van der Waals surface area contributed by atoms with Crippen LogP contribution in [0.3, 0.4) is 0 Å². The highest BCUT2D eigenvalue weighted by Gasteiger charge is 2.19. The van der Waals surface area contributed by atoms with E-state index >= 15 is 0 Å². The van der Waals surface area contributed by atoms with Crippen molar-refractivity contribution in [3.05, 3.63) is 28.1 Å². The molecular formula is C15H19ClN2OS. The predicted molar refractivity (Wildman–Crippen MR) is 84.7 cm³/mol. The van der Waals surface area contributed by atoms with Crippen molar-refractivity contribution in [2.24, 2.45) is 0 Å². The molecule has 0 radical (unpaired) electrons. The van der Waals surface area contributed by atoms with Gasteiger partial charge in [0.2, 0.25) is 0 Å². The lowest BCUT2D eigenvalue weighted by atomic mass is 9.95. The van der Waals surface area contributed by atoms with E-state index in [0.717, 1.165) is 17.8 Å². The summed E-state index contributed by atoms with van der Waals surface area (Å²) in [6.45, 7) is 0.776. The zero-order valence-electron chi connectivity index (χ0n) is 11.6. The highest BCUT2D eigenvalue weighted by atomic mass is 35.5. The first-order chi connectivity index (χ1) is 9.65. The summed E-state index contributed by atoms with van der Waals surface area (Å²) in [5.41, 5.74) is 1.78. The van der Waals surface area contributed by atoms with E-state index in [1.165, 1.54) is 32.1 Å². The van der Waals surface area contributed by atoms with Crippen molar-refractivity contribution >= 4 is 34.9 Å². The smallest absolute Gasteiger partial charge is 0.270 e. The Bertz CT molecular complexity index is 657. The number of hydrogen-bond acceptors (Lipinski definition) is 3. The second-order valence-corrected chi connectivity index (χ2v) is 6.38. The van der Waals surface area contributed by atoms with Gasteiger partial charge in [-0.1, -0.05) is 30.9 Å². The van der Waals surface area contributed by atoms with Crippen molar-refractivity contribution in [1.29, 1.82) is 0 Å². The van der Waals surface area contributed by atoms with E-state index in [2.05, 4.69) is 16.5 Å². The second kappa shape index (κ2) is 5.88. The Hall–Kier alpha value is -0.840. The average Bonchev–Trinajstić information content (AvgIpc) is 2.75. The third-order valence-corrected chi connectivity index (χ3v) is 4.73. The Morgan fingerprint density at radius 2 is 2.10 bits per heavy atom. The molecular weight excluding hydrogens is 292 g/mol. The van der Waals surface area contributed by atoms with Crippen molar-refractivity contribution in [3.8, 4) is 0 Å². The zero-order chi connectivity index (χ0) is 14.1. The fraction of sp³-hybridized carbons (Fsp3) is 0.533. The number of aromatic nitrogens is 1. The largest absolute Gasteiger partial charge is 0.429 e. The number of benzene rings is 1. The minimum absolute atomic E-state index is 0.518. The summed E-state index contributed by atoms with van der Waals surface area (Å²) in [6.07, 6.45) is 6.61. The summed E-state index contributed by atoms with van der Waals surface area (Å²) in [4.78, 5) is 2.91. The van der Waals surface area contributed by atoms with E-state index in [1.54, 1.807) is 0 Å². The maximum absolute atomic E-state index is 5.99. The molecule has 0 aliphatic heterocycles. The molecule has 0 N–H and O–H groups in total. The molecule has 1 fully saturated rings. The molecule has 0 spiro atoms. The maximum atomic E-state index is 5.99. The summed E-state index contributed by atoms with van der Waals surface area (Å²) in [5.74, 6) is 0. The summed E-state index contributed by atoms with van der Waals surface area (Å²) in [7, 11) is 2.17. The van der Waals surface area contributed by atoms with Crippen LogP contribution in [0.2, 0.25) is 5.02 Å². The quantitative estimate of drug-likeness (QED) is 0.757. The van der Waals surface area contributed by atoms with Crippen LogP contribution in [0, 0.1) is 4.84 Å². The van der Waals surface area contributed by atoms with Gasteiger partial charge in [0.15, 0.2) is 5.58 Å². The third-order valence-electron chi connectivity index (χ3n) is 4.19. The van der Waals surface area contributed by atoms with Gasteiger partial charge in [-0.25, -0.2) is 0 Å². The van der Waals surface area contributed by atoms with Gasteiger partial charge in [-0.2, -0.15) is 0 Å². The summed E-state index contributed by atoms with van der Waals surface area (Å²) < 4.78 is 7.69. The predicted octanol–water partition coefficient (Wildman–Crippen LogP) is 4.84. The van der Waals surface area contributed by atoms with E-state index in [4.69, 9.17) is 28.2 Å². The first-order valence-corrected chi connectivity index (χ1v) is 7.93. The number of hydrogen-bond donors (Lipinski definition) is 0. The average molecular weight is 311 g/mol. The van der Waals surface area contributed by atoms with Gasteiger partial charge in [-0.3, -0.25) is 9.47 Å². The second-order valence-electron chi connectivity index (χ2n) is 5.60. The molecule has 5 heteroatoms. The molecule has 0 atom stereocenters. The van der Waals surface area contributed by atoms with E-state index in [9.17, 15) is 0 Å². The Labute approximate surface area is 129 Å². The topological polar surface area (TPSA) is 21.3 Å². The minimum atomic E-state index is 0.518. The molecule has 0 saturated heterocycles. The SMILES string of the molecule is CN(Cn1c(=S)oc2cc(Cl)ccc21)C1CCCCC1. The van der Waals surface area contributed by atoms with Crippen LogP contribution in [-0.4, -0.2) is 22.6 Å². The van der Waals surface area contributed by atoms with Gasteiger partial charge in [0, 0.05) is 17.1 Å². The Morgan fingerprint density at radius 1 is 1.35 bits per heavy atom. The lowest BCUT2D eigenvalue weighted by molar-refractivity contribution is 0.153. The van der Waals surface area contributed by atoms with Crippen LogP contribution in [0.5, 0.6) is 0 Å². The van der Waals surface area contributed by atoms with Gasteiger partial charge in [-0.05, 0) is 44.2 Å². The number of fused-ring (bicyclic) bond motifs is 1. The van der Waals surface area contributed by atoms with Crippen molar-refractivity contribution in [1.82, 2.24) is 9.47 Å². The molecule has 1 aromatic carbocycles. The molecule has 108 valence electrons. The molecule has 0 amide bonds. The van der Waals surface area contributed by atoms with Gasteiger partial charge in [0.05, 0.1) is 12.2 Å². The highest BCUT2D eigenvalue weighted by molar-refractivity contribution is 7.71. The molecule has 2 aromatic rings. The highest BCUT2D eigenvalue weighted by Crippen LogP contribution is 2.25. The zero-order valence-corrected chi connectivity index (χ0v) is 13.2.